The van der Waals surface area contributed by atoms with Crippen LogP contribution in [-0.2, 0) is 5.54 Å². The molecule has 0 aliphatic heterocycles. The van der Waals surface area contributed by atoms with Gasteiger partial charge in [-0.05, 0) is 6.07 Å². The Balaban J connectivity index is 2.23. The van der Waals surface area contributed by atoms with Crippen LogP contribution < -0.4 is 10.5 Å². The fraction of sp³-hybridized carbons (Fsp3) is 0.500. The molecule has 1 aromatic heterocycles. The van der Waals surface area contributed by atoms with Crippen LogP contribution >= 0.6 is 0 Å². The number of hydrogen-bond acceptors (Lipinski definition) is 3. The van der Waals surface area contributed by atoms with Crippen molar-refractivity contribution in [2.45, 2.75) is 24.3 Å². The van der Waals surface area contributed by atoms with E-state index >= 15 is 0 Å². The van der Waals surface area contributed by atoms with Gasteiger partial charge in [0, 0.05) is 25.1 Å². The smallest absolute Gasteiger partial charge is 0.252 e. The van der Waals surface area contributed by atoms with E-state index in [1.165, 1.54) is 13.3 Å². The van der Waals surface area contributed by atoms with Crippen molar-refractivity contribution in [1.29, 1.82) is 0 Å². The van der Waals surface area contributed by atoms with Crippen molar-refractivity contribution in [2.75, 3.05) is 7.11 Å². The maximum atomic E-state index is 12.8. The highest BCUT2D eigenvalue weighted by atomic mass is 19.3. The van der Waals surface area contributed by atoms with E-state index < -0.39 is 11.5 Å². The topological polar surface area (TPSA) is 48.1 Å². The highest BCUT2D eigenvalue weighted by Crippen LogP contribution is 2.49. The molecular weight excluding hydrogens is 202 g/mol. The summed E-state index contributed by atoms with van der Waals surface area (Å²) in [5.41, 5.74) is 5.29. The maximum Gasteiger partial charge on any atom is 0.252 e. The van der Waals surface area contributed by atoms with E-state index in [9.17, 15) is 8.78 Å². The summed E-state index contributed by atoms with van der Waals surface area (Å²) in [5, 5.41) is 0. The second kappa shape index (κ2) is 3.13. The van der Waals surface area contributed by atoms with Crippen molar-refractivity contribution in [3.63, 3.8) is 0 Å². The van der Waals surface area contributed by atoms with Gasteiger partial charge in [-0.3, -0.25) is 4.98 Å². The lowest BCUT2D eigenvalue weighted by molar-refractivity contribution is -0.126. The first-order chi connectivity index (χ1) is 6.95. The number of ether oxygens (including phenoxy) is 1. The first-order valence-electron chi connectivity index (χ1n) is 4.62. The van der Waals surface area contributed by atoms with Crippen molar-refractivity contribution >= 4 is 0 Å². The van der Waals surface area contributed by atoms with Crippen molar-refractivity contribution < 1.29 is 13.5 Å². The van der Waals surface area contributed by atoms with Gasteiger partial charge in [-0.2, -0.15) is 0 Å². The standard InChI is InChI=1S/C10H12F2N2O/c1-15-7-2-3-14-8(4-7)9(13)5-10(11,12)6-9/h2-4H,5-6,13H2,1H3. The van der Waals surface area contributed by atoms with Crippen LogP contribution in [0.15, 0.2) is 18.3 Å². The Morgan fingerprint density at radius 1 is 1.47 bits per heavy atom. The summed E-state index contributed by atoms with van der Waals surface area (Å²) in [6.07, 6.45) is 0.819. The molecule has 0 atom stereocenters. The van der Waals surface area contributed by atoms with Crippen LogP contribution in [0.3, 0.4) is 0 Å². The average molecular weight is 214 g/mol. The van der Waals surface area contributed by atoms with Crippen LogP contribution in [0.4, 0.5) is 8.78 Å². The Morgan fingerprint density at radius 2 is 2.13 bits per heavy atom. The first kappa shape index (κ1) is 10.3. The van der Waals surface area contributed by atoms with Crippen LogP contribution in [0.2, 0.25) is 0 Å². The Morgan fingerprint density at radius 3 is 2.67 bits per heavy atom. The quantitative estimate of drug-likeness (QED) is 0.814. The van der Waals surface area contributed by atoms with Crippen LogP contribution in [0.1, 0.15) is 18.5 Å². The van der Waals surface area contributed by atoms with Crippen molar-refractivity contribution in [1.82, 2.24) is 4.98 Å². The number of halogens is 2. The average Bonchev–Trinajstić information content (AvgIpc) is 2.15. The molecule has 82 valence electrons. The summed E-state index contributed by atoms with van der Waals surface area (Å²) >= 11 is 0. The molecule has 2 N–H and O–H groups in total. The van der Waals surface area contributed by atoms with Crippen LogP contribution in [0.5, 0.6) is 5.75 Å². The van der Waals surface area contributed by atoms with Crippen molar-refractivity contribution in [2.24, 2.45) is 5.73 Å². The Hall–Kier alpha value is -1.23. The molecule has 1 fully saturated rings. The summed E-state index contributed by atoms with van der Waals surface area (Å²) in [6.45, 7) is 0. The van der Waals surface area contributed by atoms with E-state index in [4.69, 9.17) is 10.5 Å². The van der Waals surface area contributed by atoms with Gasteiger partial charge in [-0.25, -0.2) is 8.78 Å². The van der Waals surface area contributed by atoms with Gasteiger partial charge in [0.1, 0.15) is 5.75 Å². The second-order valence-corrected chi connectivity index (χ2v) is 3.95. The summed E-state index contributed by atoms with van der Waals surface area (Å²) in [6, 6.07) is 3.26. The first-order valence-corrected chi connectivity index (χ1v) is 4.62. The van der Waals surface area contributed by atoms with E-state index in [0.29, 0.717) is 11.4 Å². The van der Waals surface area contributed by atoms with Gasteiger partial charge in [-0.15, -0.1) is 0 Å². The zero-order chi connectivity index (χ0) is 11.1. The fourth-order valence-corrected chi connectivity index (χ4v) is 1.86. The number of hydrogen-bond donors (Lipinski definition) is 1. The van der Waals surface area contributed by atoms with Crippen LogP contribution in [0, 0.1) is 0 Å². The SMILES string of the molecule is COc1ccnc(C2(N)CC(F)(F)C2)c1. The number of methoxy groups -OCH3 is 1. The zero-order valence-electron chi connectivity index (χ0n) is 8.34. The van der Waals surface area contributed by atoms with Gasteiger partial charge >= 0.3 is 0 Å². The largest absolute Gasteiger partial charge is 0.497 e. The molecule has 5 heteroatoms. The molecule has 1 saturated carbocycles. The molecule has 1 aliphatic carbocycles. The molecule has 0 unspecified atom stereocenters. The number of alkyl halides is 2. The third-order valence-corrected chi connectivity index (χ3v) is 2.63. The normalized spacial score (nSPS) is 21.9. The van der Waals surface area contributed by atoms with Crippen LogP contribution in [-0.4, -0.2) is 18.0 Å². The summed E-state index contributed by atoms with van der Waals surface area (Å²) in [5.74, 6) is -2.07. The molecule has 1 aliphatic rings. The number of pyridine rings is 1. The molecule has 3 nitrogen and oxygen atoms in total. The third-order valence-electron chi connectivity index (χ3n) is 2.63. The monoisotopic (exact) mass is 214 g/mol. The van der Waals surface area contributed by atoms with Gasteiger partial charge in [0.15, 0.2) is 0 Å². The lowest BCUT2D eigenvalue weighted by Crippen LogP contribution is -2.55. The van der Waals surface area contributed by atoms with E-state index in [0.717, 1.165) is 0 Å². The molecule has 0 saturated heterocycles. The number of rotatable bonds is 2. The molecular formula is C10H12F2N2O. The number of nitrogens with two attached hydrogens (primary N) is 1. The van der Waals surface area contributed by atoms with Gasteiger partial charge < -0.3 is 10.5 Å². The van der Waals surface area contributed by atoms with E-state index in [1.54, 1.807) is 12.1 Å². The predicted molar refractivity (Wildman–Crippen MR) is 50.8 cm³/mol. The van der Waals surface area contributed by atoms with E-state index in [-0.39, 0.29) is 12.8 Å². The number of aromatic nitrogens is 1. The lowest BCUT2D eigenvalue weighted by atomic mass is 9.72. The van der Waals surface area contributed by atoms with Gasteiger partial charge in [-0.1, -0.05) is 0 Å². The minimum atomic E-state index is -2.65. The molecule has 2 rings (SSSR count). The lowest BCUT2D eigenvalue weighted by Gasteiger charge is -2.43. The van der Waals surface area contributed by atoms with Crippen molar-refractivity contribution in [3.8, 4) is 5.75 Å². The summed E-state index contributed by atoms with van der Waals surface area (Å²) in [7, 11) is 1.51. The Labute approximate surface area is 86.3 Å². The van der Waals surface area contributed by atoms with Crippen LogP contribution in [0.25, 0.3) is 0 Å². The zero-order valence-corrected chi connectivity index (χ0v) is 8.34. The minimum Gasteiger partial charge on any atom is -0.497 e. The summed E-state index contributed by atoms with van der Waals surface area (Å²) < 4.78 is 30.5. The van der Waals surface area contributed by atoms with E-state index in [1.807, 2.05) is 0 Å². The highest BCUT2D eigenvalue weighted by Gasteiger charge is 2.56. The summed E-state index contributed by atoms with van der Waals surface area (Å²) in [4.78, 5) is 4.01. The molecule has 0 radical (unpaired) electrons. The predicted octanol–water partition coefficient (Wildman–Crippen LogP) is 1.67. The molecule has 15 heavy (non-hydrogen) atoms. The number of nitrogens with zero attached hydrogens (tertiary/aromatic N) is 1. The maximum absolute atomic E-state index is 12.8. The molecule has 1 heterocycles. The van der Waals surface area contributed by atoms with Gasteiger partial charge in [0.05, 0.1) is 18.3 Å². The van der Waals surface area contributed by atoms with Crippen molar-refractivity contribution in [3.05, 3.63) is 24.0 Å². The second-order valence-electron chi connectivity index (χ2n) is 3.95. The Bertz CT molecular complexity index is 373. The molecule has 0 aromatic carbocycles. The Kier molecular flexibility index (Phi) is 2.15. The fourth-order valence-electron chi connectivity index (χ4n) is 1.86. The molecule has 1 aromatic rings. The highest BCUT2D eigenvalue weighted by molar-refractivity contribution is 5.29. The minimum absolute atomic E-state index is 0.347. The van der Waals surface area contributed by atoms with Gasteiger partial charge in [0.25, 0.3) is 5.92 Å². The van der Waals surface area contributed by atoms with Gasteiger partial charge in [0.2, 0.25) is 0 Å². The molecule has 0 bridgehead atoms. The third kappa shape index (κ3) is 1.79. The molecule has 0 amide bonds. The molecule has 0 spiro atoms. The van der Waals surface area contributed by atoms with E-state index in [2.05, 4.69) is 4.98 Å².